The van der Waals surface area contributed by atoms with Crippen LogP contribution in [0.25, 0.3) is 16.4 Å². The molecule has 2 amide bonds. The predicted octanol–water partition coefficient (Wildman–Crippen LogP) is 5.13. The van der Waals surface area contributed by atoms with Gasteiger partial charge in [-0.25, -0.2) is 0 Å². The van der Waals surface area contributed by atoms with Crippen LogP contribution in [0.1, 0.15) is 17.9 Å². The number of thiophene rings is 1. The van der Waals surface area contributed by atoms with Gasteiger partial charge in [-0.3, -0.25) is 14.2 Å². The summed E-state index contributed by atoms with van der Waals surface area (Å²) < 4.78 is 1.99. The van der Waals surface area contributed by atoms with E-state index < -0.39 is 5.38 Å². The summed E-state index contributed by atoms with van der Waals surface area (Å²) in [5, 5.41) is 10.8. The van der Waals surface area contributed by atoms with Gasteiger partial charge in [0.2, 0.25) is 11.8 Å². The molecule has 5 rings (SSSR count). The van der Waals surface area contributed by atoms with Crippen LogP contribution in [-0.4, -0.2) is 67.8 Å². The maximum absolute atomic E-state index is 13.2. The number of carbonyl (C=O) groups excluding carboxylic acids is 2. The van der Waals surface area contributed by atoms with E-state index in [1.165, 1.54) is 11.8 Å². The topological polar surface area (TPSA) is 71.3 Å². The fourth-order valence-corrected chi connectivity index (χ4v) is 6.20. The highest BCUT2D eigenvalue weighted by atomic mass is 35.5. The Morgan fingerprint density at radius 3 is 2.43 bits per heavy atom. The molecular formula is C27H26ClN5O2S2. The third-order valence-electron chi connectivity index (χ3n) is 6.29. The summed E-state index contributed by atoms with van der Waals surface area (Å²) >= 11 is 9.46. The molecule has 2 aromatic carbocycles. The van der Waals surface area contributed by atoms with E-state index in [0.29, 0.717) is 24.8 Å². The Morgan fingerprint density at radius 1 is 1.03 bits per heavy atom. The molecule has 3 heterocycles. The van der Waals surface area contributed by atoms with Gasteiger partial charge in [0.05, 0.1) is 10.6 Å². The smallest absolute Gasteiger partial charge is 0.245 e. The third-order valence-corrected chi connectivity index (χ3v) is 8.50. The first-order valence-corrected chi connectivity index (χ1v) is 14.3. The highest BCUT2D eigenvalue weighted by Gasteiger charge is 2.33. The average molecular weight is 552 g/mol. The first kappa shape index (κ1) is 25.5. The second-order valence-electron chi connectivity index (χ2n) is 8.74. The van der Waals surface area contributed by atoms with Crippen molar-refractivity contribution in [2.24, 2.45) is 0 Å². The van der Waals surface area contributed by atoms with E-state index in [1.54, 1.807) is 16.2 Å². The summed E-state index contributed by atoms with van der Waals surface area (Å²) in [6, 6.07) is 23.1. The van der Waals surface area contributed by atoms with Crippen LogP contribution in [0.3, 0.4) is 0 Å². The zero-order valence-corrected chi connectivity index (χ0v) is 22.6. The number of piperazine rings is 1. The molecule has 37 heavy (non-hydrogen) atoms. The van der Waals surface area contributed by atoms with Gasteiger partial charge < -0.3 is 9.80 Å². The van der Waals surface area contributed by atoms with Crippen molar-refractivity contribution in [1.29, 1.82) is 0 Å². The van der Waals surface area contributed by atoms with Gasteiger partial charge in [0, 0.05) is 31.4 Å². The molecule has 1 fully saturated rings. The van der Waals surface area contributed by atoms with Gasteiger partial charge in [-0.1, -0.05) is 66.4 Å². The largest absolute Gasteiger partial charge is 0.338 e. The van der Waals surface area contributed by atoms with Gasteiger partial charge in [0.15, 0.2) is 11.0 Å². The fraction of sp³-hybridized carbons (Fsp3) is 0.259. The standard InChI is InChI=1S/C27H26ClN5O2S2/c1-19-17-31(14-15-32(19)26(35)24(28)20-9-4-2-5-10-20)23(34)18-37-27-30-29-25(22-13-8-16-36-22)33(27)21-11-6-3-7-12-21/h2-13,16,19,24H,14-15,17-18H2,1H3. The zero-order valence-electron chi connectivity index (χ0n) is 20.2. The number of nitrogens with zero attached hydrogens (tertiary/aromatic N) is 5. The second kappa shape index (κ2) is 11.5. The summed E-state index contributed by atoms with van der Waals surface area (Å²) in [6.07, 6.45) is 0. The lowest BCUT2D eigenvalue weighted by atomic mass is 10.1. The predicted molar refractivity (Wildman–Crippen MR) is 148 cm³/mol. The van der Waals surface area contributed by atoms with E-state index in [9.17, 15) is 9.59 Å². The van der Waals surface area contributed by atoms with Gasteiger partial charge >= 0.3 is 0 Å². The zero-order chi connectivity index (χ0) is 25.8. The Bertz CT molecular complexity index is 1350. The Labute approximate surface area is 229 Å². The van der Waals surface area contributed by atoms with Gasteiger partial charge in [-0.2, -0.15) is 0 Å². The molecule has 0 aliphatic carbocycles. The summed E-state index contributed by atoms with van der Waals surface area (Å²) in [7, 11) is 0. The highest BCUT2D eigenvalue weighted by Crippen LogP contribution is 2.31. The lowest BCUT2D eigenvalue weighted by Crippen LogP contribution is -2.56. The van der Waals surface area contributed by atoms with E-state index >= 15 is 0 Å². The van der Waals surface area contributed by atoms with E-state index in [-0.39, 0.29) is 23.6 Å². The molecule has 2 unspecified atom stereocenters. The van der Waals surface area contributed by atoms with Crippen LogP contribution < -0.4 is 0 Å². The van der Waals surface area contributed by atoms with Crippen molar-refractivity contribution in [1.82, 2.24) is 24.6 Å². The third kappa shape index (κ3) is 5.58. The van der Waals surface area contributed by atoms with Crippen LogP contribution in [0.2, 0.25) is 0 Å². The van der Waals surface area contributed by atoms with Gasteiger partial charge in [-0.15, -0.1) is 33.1 Å². The molecule has 1 aliphatic rings. The fourth-order valence-electron chi connectivity index (χ4n) is 4.38. The van der Waals surface area contributed by atoms with E-state index in [2.05, 4.69) is 10.2 Å². The summed E-state index contributed by atoms with van der Waals surface area (Å²) in [6.45, 7) is 3.35. The molecule has 4 aromatic rings. The van der Waals surface area contributed by atoms with Crippen molar-refractivity contribution in [3.63, 3.8) is 0 Å². The van der Waals surface area contributed by atoms with Gasteiger partial charge in [0.25, 0.3) is 0 Å². The van der Waals surface area contributed by atoms with Crippen LogP contribution in [0.15, 0.2) is 83.3 Å². The molecule has 0 spiro atoms. The number of para-hydroxylation sites is 1. The van der Waals surface area contributed by atoms with Crippen molar-refractivity contribution in [3.05, 3.63) is 83.7 Å². The number of thioether (sulfide) groups is 1. The average Bonchev–Trinajstić information content (AvgIpc) is 3.62. The Hall–Kier alpha value is -3.14. The quantitative estimate of drug-likeness (QED) is 0.235. The number of rotatable bonds is 7. The maximum atomic E-state index is 13.2. The Morgan fingerprint density at radius 2 is 1.76 bits per heavy atom. The molecule has 0 bridgehead atoms. The van der Waals surface area contributed by atoms with Crippen molar-refractivity contribution in [2.75, 3.05) is 25.4 Å². The van der Waals surface area contributed by atoms with Gasteiger partial charge in [0.1, 0.15) is 5.38 Å². The maximum Gasteiger partial charge on any atom is 0.245 e. The molecule has 7 nitrogen and oxygen atoms in total. The lowest BCUT2D eigenvalue weighted by Gasteiger charge is -2.40. The molecule has 10 heteroatoms. The van der Waals surface area contributed by atoms with E-state index in [0.717, 1.165) is 22.0 Å². The first-order chi connectivity index (χ1) is 18.0. The van der Waals surface area contributed by atoms with E-state index in [1.807, 2.05) is 94.6 Å². The molecular weight excluding hydrogens is 526 g/mol. The molecule has 0 saturated carbocycles. The second-order valence-corrected chi connectivity index (χ2v) is 11.1. The molecule has 1 aliphatic heterocycles. The number of carbonyl (C=O) groups is 2. The molecule has 2 atom stereocenters. The number of halogens is 1. The molecule has 1 saturated heterocycles. The number of hydrogen-bond donors (Lipinski definition) is 0. The van der Waals surface area contributed by atoms with Gasteiger partial charge in [-0.05, 0) is 36.1 Å². The SMILES string of the molecule is CC1CN(C(=O)CSc2nnc(-c3cccs3)n2-c2ccccc2)CCN1C(=O)C(Cl)c1ccccc1. The van der Waals surface area contributed by atoms with Crippen LogP contribution in [-0.2, 0) is 9.59 Å². The number of alkyl halides is 1. The normalized spacial score (nSPS) is 16.5. The lowest BCUT2D eigenvalue weighted by molar-refractivity contribution is -0.141. The minimum absolute atomic E-state index is 0.00900. The number of amides is 2. The van der Waals surface area contributed by atoms with Crippen molar-refractivity contribution in [3.8, 4) is 16.4 Å². The first-order valence-electron chi connectivity index (χ1n) is 12.0. The Kier molecular flexibility index (Phi) is 7.93. The van der Waals surface area contributed by atoms with Crippen molar-refractivity contribution >= 4 is 46.5 Å². The molecule has 0 N–H and O–H groups in total. The highest BCUT2D eigenvalue weighted by molar-refractivity contribution is 7.99. The van der Waals surface area contributed by atoms with Crippen molar-refractivity contribution in [2.45, 2.75) is 23.5 Å². The monoisotopic (exact) mass is 551 g/mol. The summed E-state index contributed by atoms with van der Waals surface area (Å²) in [5.41, 5.74) is 1.72. The number of aromatic nitrogens is 3. The molecule has 0 radical (unpaired) electrons. The minimum Gasteiger partial charge on any atom is -0.338 e. The molecule has 2 aromatic heterocycles. The minimum atomic E-state index is -0.733. The molecule has 190 valence electrons. The summed E-state index contributed by atoms with van der Waals surface area (Å²) in [5.74, 6) is 0.873. The number of benzene rings is 2. The summed E-state index contributed by atoms with van der Waals surface area (Å²) in [4.78, 5) is 30.8. The van der Waals surface area contributed by atoms with Crippen LogP contribution in [0.4, 0.5) is 0 Å². The number of hydrogen-bond acceptors (Lipinski definition) is 6. The van der Waals surface area contributed by atoms with Crippen LogP contribution in [0, 0.1) is 0 Å². The van der Waals surface area contributed by atoms with Crippen molar-refractivity contribution < 1.29 is 9.59 Å². The Balaban J connectivity index is 1.24. The van der Waals surface area contributed by atoms with E-state index in [4.69, 9.17) is 11.6 Å². The van der Waals surface area contributed by atoms with Crippen LogP contribution >= 0.6 is 34.7 Å². The van der Waals surface area contributed by atoms with Crippen LogP contribution in [0.5, 0.6) is 0 Å².